The Morgan fingerprint density at radius 3 is 2.81 bits per heavy atom. The number of nitrogens with zero attached hydrogens (tertiary/aromatic N) is 1. The fourth-order valence-corrected chi connectivity index (χ4v) is 3.24. The van der Waals surface area contributed by atoms with Crippen molar-refractivity contribution in [2.45, 2.75) is 26.5 Å². The molecule has 0 aliphatic heterocycles. The first-order chi connectivity index (χ1) is 12.9. The third-order valence-corrected chi connectivity index (χ3v) is 4.77. The van der Waals surface area contributed by atoms with E-state index in [1.807, 2.05) is 12.3 Å². The Morgan fingerprint density at radius 2 is 2.19 bits per heavy atom. The van der Waals surface area contributed by atoms with Gasteiger partial charge in [0.1, 0.15) is 29.7 Å². The second kappa shape index (κ2) is 7.77. The standard InChI is InChI=1S/C18H19N3O5S/c1-9-16(18(24)21-14(6-22)17(19)23)13-5-12(3-4-15(13)26-9)25-7-11-8-27-10(2)20-11/h3-5,8,14,22H,6-7H2,1-2H3,(H2,19,23)(H,21,24)/t14-/m0/s1. The van der Waals surface area contributed by atoms with Crippen molar-refractivity contribution in [3.63, 3.8) is 0 Å². The van der Waals surface area contributed by atoms with Crippen molar-refractivity contribution in [3.05, 3.63) is 45.6 Å². The minimum atomic E-state index is -1.17. The molecule has 0 saturated carbocycles. The molecule has 0 fully saturated rings. The Labute approximate surface area is 158 Å². The molecule has 0 bridgehead atoms. The molecule has 142 valence electrons. The summed E-state index contributed by atoms with van der Waals surface area (Å²) in [5, 5.41) is 15.0. The number of aliphatic hydroxyl groups is 1. The largest absolute Gasteiger partial charge is 0.487 e. The number of aliphatic hydroxyl groups excluding tert-OH is 1. The van der Waals surface area contributed by atoms with E-state index in [1.165, 1.54) is 0 Å². The van der Waals surface area contributed by atoms with Gasteiger partial charge in [0.05, 0.1) is 22.9 Å². The molecule has 3 aromatic rings. The number of thiazole rings is 1. The van der Waals surface area contributed by atoms with Crippen LogP contribution in [0.4, 0.5) is 0 Å². The predicted octanol–water partition coefficient (Wildman–Crippen LogP) is 1.66. The maximum atomic E-state index is 12.6. The van der Waals surface area contributed by atoms with Crippen LogP contribution in [0.25, 0.3) is 11.0 Å². The first-order valence-electron chi connectivity index (χ1n) is 8.17. The van der Waals surface area contributed by atoms with Crippen LogP contribution in [-0.4, -0.2) is 34.6 Å². The summed E-state index contributed by atoms with van der Waals surface area (Å²) >= 11 is 1.54. The topological polar surface area (TPSA) is 128 Å². The summed E-state index contributed by atoms with van der Waals surface area (Å²) in [5.74, 6) is -0.442. The van der Waals surface area contributed by atoms with E-state index < -0.39 is 24.5 Å². The summed E-state index contributed by atoms with van der Waals surface area (Å²) in [6.45, 7) is 3.29. The van der Waals surface area contributed by atoms with E-state index in [0.717, 1.165) is 10.7 Å². The molecule has 2 amide bonds. The predicted molar refractivity (Wildman–Crippen MR) is 99.7 cm³/mol. The van der Waals surface area contributed by atoms with Gasteiger partial charge in [-0.1, -0.05) is 0 Å². The number of primary amides is 1. The van der Waals surface area contributed by atoms with E-state index in [1.54, 1.807) is 36.5 Å². The van der Waals surface area contributed by atoms with Gasteiger partial charge in [0.2, 0.25) is 5.91 Å². The maximum Gasteiger partial charge on any atom is 0.256 e. The molecule has 3 rings (SSSR count). The highest BCUT2D eigenvalue weighted by Crippen LogP contribution is 2.29. The van der Waals surface area contributed by atoms with Gasteiger partial charge in [0.25, 0.3) is 5.91 Å². The van der Waals surface area contributed by atoms with Crippen molar-refractivity contribution in [2.75, 3.05) is 6.61 Å². The van der Waals surface area contributed by atoms with Crippen LogP contribution in [0.2, 0.25) is 0 Å². The Hall–Kier alpha value is -2.91. The highest BCUT2D eigenvalue weighted by atomic mass is 32.1. The van der Waals surface area contributed by atoms with Crippen molar-refractivity contribution in [3.8, 4) is 5.75 Å². The molecule has 0 radical (unpaired) electrons. The molecule has 2 heterocycles. The van der Waals surface area contributed by atoms with E-state index in [0.29, 0.717) is 29.1 Å². The molecule has 8 nitrogen and oxygen atoms in total. The monoisotopic (exact) mass is 389 g/mol. The quantitative estimate of drug-likeness (QED) is 0.564. The number of aromatic nitrogens is 1. The van der Waals surface area contributed by atoms with Crippen molar-refractivity contribution in [2.24, 2.45) is 5.73 Å². The zero-order valence-corrected chi connectivity index (χ0v) is 15.6. The number of aryl methyl sites for hydroxylation is 2. The molecular weight excluding hydrogens is 370 g/mol. The molecule has 1 aromatic carbocycles. The van der Waals surface area contributed by atoms with E-state index in [2.05, 4.69) is 10.3 Å². The molecule has 0 saturated heterocycles. The lowest BCUT2D eigenvalue weighted by Gasteiger charge is -2.12. The van der Waals surface area contributed by atoms with Crippen LogP contribution in [0.15, 0.2) is 28.0 Å². The number of carbonyl (C=O) groups is 2. The van der Waals surface area contributed by atoms with Crippen molar-refractivity contribution in [1.29, 1.82) is 0 Å². The first kappa shape index (κ1) is 18.9. The molecular formula is C18H19N3O5S. The van der Waals surface area contributed by atoms with Crippen LogP contribution >= 0.6 is 11.3 Å². The van der Waals surface area contributed by atoms with Crippen molar-refractivity contribution < 1.29 is 23.8 Å². The van der Waals surface area contributed by atoms with E-state index in [4.69, 9.17) is 14.9 Å². The molecule has 0 spiro atoms. The lowest BCUT2D eigenvalue weighted by molar-refractivity contribution is -0.120. The number of hydrogen-bond donors (Lipinski definition) is 3. The number of nitrogens with two attached hydrogens (primary N) is 1. The van der Waals surface area contributed by atoms with Crippen molar-refractivity contribution in [1.82, 2.24) is 10.3 Å². The number of hydrogen-bond acceptors (Lipinski definition) is 7. The molecule has 9 heteroatoms. The van der Waals surface area contributed by atoms with Gasteiger partial charge in [-0.15, -0.1) is 11.3 Å². The number of furan rings is 1. The second-order valence-corrected chi connectivity index (χ2v) is 7.01. The smallest absolute Gasteiger partial charge is 0.256 e. The fourth-order valence-electron chi connectivity index (χ4n) is 2.64. The summed E-state index contributed by atoms with van der Waals surface area (Å²) in [7, 11) is 0. The Kier molecular flexibility index (Phi) is 5.43. The van der Waals surface area contributed by atoms with Crippen LogP contribution < -0.4 is 15.8 Å². The van der Waals surface area contributed by atoms with Gasteiger partial charge >= 0.3 is 0 Å². The van der Waals surface area contributed by atoms with E-state index in [9.17, 15) is 14.7 Å². The Bertz CT molecular complexity index is 994. The zero-order valence-electron chi connectivity index (χ0n) is 14.8. The number of rotatable bonds is 7. The third kappa shape index (κ3) is 4.09. The van der Waals surface area contributed by atoms with Gasteiger partial charge in [0, 0.05) is 10.8 Å². The van der Waals surface area contributed by atoms with Crippen LogP contribution in [0, 0.1) is 13.8 Å². The lowest BCUT2D eigenvalue weighted by Crippen LogP contribution is -2.46. The molecule has 4 N–H and O–H groups in total. The van der Waals surface area contributed by atoms with Gasteiger partial charge in [-0.25, -0.2) is 4.98 Å². The number of benzene rings is 1. The van der Waals surface area contributed by atoms with Crippen LogP contribution in [0.3, 0.4) is 0 Å². The summed E-state index contributed by atoms with van der Waals surface area (Å²) < 4.78 is 11.4. The summed E-state index contributed by atoms with van der Waals surface area (Å²) in [6, 6.07) is 3.97. The normalized spacial score (nSPS) is 12.1. The van der Waals surface area contributed by atoms with Gasteiger partial charge < -0.3 is 25.3 Å². The maximum absolute atomic E-state index is 12.6. The van der Waals surface area contributed by atoms with Crippen LogP contribution in [0.5, 0.6) is 5.75 Å². The molecule has 1 atom stereocenters. The van der Waals surface area contributed by atoms with Gasteiger partial charge in [0.15, 0.2) is 0 Å². The van der Waals surface area contributed by atoms with Gasteiger partial charge in [-0.05, 0) is 32.0 Å². The minimum absolute atomic E-state index is 0.264. The number of nitrogens with one attached hydrogen (secondary N) is 1. The number of fused-ring (bicyclic) bond motifs is 1. The van der Waals surface area contributed by atoms with Gasteiger partial charge in [-0.3, -0.25) is 9.59 Å². The average Bonchev–Trinajstić information content (AvgIpc) is 3.19. The highest BCUT2D eigenvalue weighted by molar-refractivity contribution is 7.09. The third-order valence-electron chi connectivity index (χ3n) is 3.95. The lowest BCUT2D eigenvalue weighted by atomic mass is 10.1. The highest BCUT2D eigenvalue weighted by Gasteiger charge is 2.23. The number of ether oxygens (including phenoxy) is 1. The molecule has 0 aliphatic carbocycles. The second-order valence-electron chi connectivity index (χ2n) is 5.95. The summed E-state index contributed by atoms with van der Waals surface area (Å²) in [5.41, 5.74) is 6.76. The average molecular weight is 389 g/mol. The molecule has 0 aliphatic rings. The SMILES string of the molecule is Cc1nc(COc2ccc3oc(C)c(C(=O)N[C@@H](CO)C(N)=O)c3c2)cs1. The molecule has 2 aromatic heterocycles. The van der Waals surface area contributed by atoms with Crippen molar-refractivity contribution >= 4 is 34.1 Å². The summed E-state index contributed by atoms with van der Waals surface area (Å²) in [4.78, 5) is 28.2. The number of carbonyl (C=O) groups excluding carboxylic acids is 2. The molecule has 27 heavy (non-hydrogen) atoms. The van der Waals surface area contributed by atoms with Crippen LogP contribution in [-0.2, 0) is 11.4 Å². The van der Waals surface area contributed by atoms with Gasteiger partial charge in [-0.2, -0.15) is 0 Å². The Balaban J connectivity index is 1.85. The van der Waals surface area contributed by atoms with E-state index in [-0.39, 0.29) is 5.56 Å². The Morgan fingerprint density at radius 1 is 1.41 bits per heavy atom. The van der Waals surface area contributed by atoms with E-state index >= 15 is 0 Å². The molecule has 0 unspecified atom stereocenters. The first-order valence-corrected chi connectivity index (χ1v) is 9.05. The zero-order chi connectivity index (χ0) is 19.6. The number of amides is 2. The van der Waals surface area contributed by atoms with Crippen LogP contribution in [0.1, 0.15) is 26.8 Å². The fraction of sp³-hybridized carbons (Fsp3) is 0.278. The minimum Gasteiger partial charge on any atom is -0.487 e. The summed E-state index contributed by atoms with van der Waals surface area (Å²) in [6.07, 6.45) is 0.